The second-order valence-electron chi connectivity index (χ2n) is 3.08. The summed E-state index contributed by atoms with van der Waals surface area (Å²) >= 11 is 3.33. The van der Waals surface area contributed by atoms with Gasteiger partial charge < -0.3 is 5.32 Å². The Hall–Kier alpha value is -1.27. The van der Waals surface area contributed by atoms with Crippen molar-refractivity contribution in [1.29, 1.82) is 5.26 Å². The van der Waals surface area contributed by atoms with Crippen molar-refractivity contribution in [2.24, 2.45) is 0 Å². The lowest BCUT2D eigenvalue weighted by Crippen LogP contribution is -2.03. The molecule has 0 bridgehead atoms. The van der Waals surface area contributed by atoms with E-state index in [1.54, 1.807) is 0 Å². The minimum atomic E-state index is 0.633. The normalized spacial score (nSPS) is 9.21. The van der Waals surface area contributed by atoms with Gasteiger partial charge in [0.25, 0.3) is 0 Å². The second-order valence-corrected chi connectivity index (χ2v) is 3.94. The Bertz CT molecular complexity index is 391. The van der Waals surface area contributed by atoms with Crippen molar-refractivity contribution in [2.45, 2.75) is 6.92 Å². The predicted molar refractivity (Wildman–Crippen MR) is 62.2 cm³/mol. The molecule has 14 heavy (non-hydrogen) atoms. The molecular weight excluding hydrogens is 240 g/mol. The summed E-state index contributed by atoms with van der Waals surface area (Å²) in [4.78, 5) is 0. The molecule has 3 heteroatoms. The van der Waals surface area contributed by atoms with Gasteiger partial charge in [0.2, 0.25) is 0 Å². The quantitative estimate of drug-likeness (QED) is 0.836. The van der Waals surface area contributed by atoms with E-state index in [0.29, 0.717) is 12.1 Å². The number of hydrogen-bond acceptors (Lipinski definition) is 2. The Kier molecular flexibility index (Phi) is 3.73. The Balaban J connectivity index is 2.92. The average Bonchev–Trinajstić information content (AvgIpc) is 2.14. The molecule has 72 valence electrons. The molecule has 0 aromatic heterocycles. The Labute approximate surface area is 92.4 Å². The van der Waals surface area contributed by atoms with E-state index >= 15 is 0 Å². The molecule has 0 aliphatic heterocycles. The smallest absolute Gasteiger partial charge is 0.103 e. The number of hydrogen-bond donors (Lipinski definition) is 1. The van der Waals surface area contributed by atoms with Crippen LogP contribution in [0, 0.1) is 11.3 Å². The molecule has 0 unspecified atom stereocenters. The van der Waals surface area contributed by atoms with E-state index in [0.717, 1.165) is 15.7 Å². The molecule has 1 rings (SSSR count). The number of benzene rings is 1. The topological polar surface area (TPSA) is 35.8 Å². The van der Waals surface area contributed by atoms with E-state index in [2.05, 4.69) is 33.9 Å². The maximum atomic E-state index is 8.92. The van der Waals surface area contributed by atoms with Crippen molar-refractivity contribution >= 4 is 21.6 Å². The van der Waals surface area contributed by atoms with Gasteiger partial charge in [-0.25, -0.2) is 0 Å². The van der Waals surface area contributed by atoms with Crippen LogP contribution in [0.1, 0.15) is 12.5 Å². The van der Waals surface area contributed by atoms with Crippen LogP contribution < -0.4 is 5.32 Å². The van der Waals surface area contributed by atoms with Crippen LogP contribution in [0.3, 0.4) is 0 Å². The van der Waals surface area contributed by atoms with Gasteiger partial charge in [-0.1, -0.05) is 18.2 Å². The van der Waals surface area contributed by atoms with Crippen molar-refractivity contribution in [3.63, 3.8) is 0 Å². The van der Waals surface area contributed by atoms with Crippen LogP contribution in [-0.2, 0) is 0 Å². The fourth-order valence-corrected chi connectivity index (χ4v) is 1.49. The number of nitrogens with zero attached hydrogens (tertiary/aromatic N) is 1. The van der Waals surface area contributed by atoms with Crippen LogP contribution in [0.5, 0.6) is 0 Å². The number of halogens is 1. The summed E-state index contributed by atoms with van der Waals surface area (Å²) in [5.41, 5.74) is 2.51. The van der Waals surface area contributed by atoms with Gasteiger partial charge in [-0.05, 0) is 35.0 Å². The van der Waals surface area contributed by atoms with Crippen molar-refractivity contribution in [2.75, 3.05) is 11.9 Å². The highest BCUT2D eigenvalue weighted by atomic mass is 79.9. The van der Waals surface area contributed by atoms with Crippen molar-refractivity contribution in [3.8, 4) is 6.07 Å². The first-order chi connectivity index (χ1) is 6.65. The standard InChI is InChI=1S/C11H11BrN2/c1-8(2)7-14-11-5-3-4-10(12)9(11)6-13/h3-5,14H,1,7H2,2H3. The largest absolute Gasteiger partial charge is 0.380 e. The zero-order chi connectivity index (χ0) is 10.6. The Morgan fingerprint density at radius 3 is 2.93 bits per heavy atom. The third-order valence-corrected chi connectivity index (χ3v) is 2.37. The molecule has 2 nitrogen and oxygen atoms in total. The summed E-state index contributed by atoms with van der Waals surface area (Å²) < 4.78 is 0.812. The minimum absolute atomic E-state index is 0.633. The van der Waals surface area contributed by atoms with Crippen LogP contribution in [0.4, 0.5) is 5.69 Å². The third kappa shape index (κ3) is 2.61. The third-order valence-electron chi connectivity index (χ3n) is 1.71. The van der Waals surface area contributed by atoms with Gasteiger partial charge in [-0.2, -0.15) is 5.26 Å². The minimum Gasteiger partial charge on any atom is -0.380 e. The number of nitriles is 1. The first-order valence-electron chi connectivity index (χ1n) is 4.22. The summed E-state index contributed by atoms with van der Waals surface area (Å²) in [6, 6.07) is 7.78. The highest BCUT2D eigenvalue weighted by molar-refractivity contribution is 9.10. The predicted octanol–water partition coefficient (Wildman–Crippen LogP) is 3.31. The van der Waals surface area contributed by atoms with E-state index in [1.807, 2.05) is 25.1 Å². The van der Waals surface area contributed by atoms with Crippen LogP contribution in [0.15, 0.2) is 34.8 Å². The molecule has 0 saturated carbocycles. The average molecular weight is 251 g/mol. The lowest BCUT2D eigenvalue weighted by Gasteiger charge is -2.08. The molecule has 0 spiro atoms. The van der Waals surface area contributed by atoms with Gasteiger partial charge in [0.05, 0.1) is 11.3 Å². The van der Waals surface area contributed by atoms with E-state index in [1.165, 1.54) is 0 Å². The monoisotopic (exact) mass is 250 g/mol. The fraction of sp³-hybridized carbons (Fsp3) is 0.182. The molecular formula is C11H11BrN2. The van der Waals surface area contributed by atoms with Gasteiger partial charge in [-0.15, -0.1) is 0 Å². The number of anilines is 1. The van der Waals surface area contributed by atoms with E-state index in [9.17, 15) is 0 Å². The van der Waals surface area contributed by atoms with Crippen molar-refractivity contribution in [1.82, 2.24) is 0 Å². The molecule has 1 N–H and O–H groups in total. The fourth-order valence-electron chi connectivity index (χ4n) is 1.03. The van der Waals surface area contributed by atoms with Gasteiger partial charge >= 0.3 is 0 Å². The molecule has 1 aromatic rings. The lowest BCUT2D eigenvalue weighted by molar-refractivity contribution is 1.21. The van der Waals surface area contributed by atoms with Gasteiger partial charge in [0, 0.05) is 11.0 Å². The first-order valence-corrected chi connectivity index (χ1v) is 5.01. The number of rotatable bonds is 3. The van der Waals surface area contributed by atoms with Crippen molar-refractivity contribution in [3.05, 3.63) is 40.4 Å². The maximum Gasteiger partial charge on any atom is 0.103 e. The summed E-state index contributed by atoms with van der Waals surface area (Å²) in [5.74, 6) is 0. The zero-order valence-corrected chi connectivity index (χ0v) is 9.56. The van der Waals surface area contributed by atoms with Crippen LogP contribution >= 0.6 is 15.9 Å². The van der Waals surface area contributed by atoms with E-state index in [4.69, 9.17) is 5.26 Å². The van der Waals surface area contributed by atoms with E-state index in [-0.39, 0.29) is 0 Å². The Morgan fingerprint density at radius 2 is 2.36 bits per heavy atom. The summed E-state index contributed by atoms with van der Waals surface area (Å²) in [6.45, 7) is 6.42. The van der Waals surface area contributed by atoms with Crippen LogP contribution in [0.2, 0.25) is 0 Å². The molecule has 0 amide bonds. The van der Waals surface area contributed by atoms with Crippen LogP contribution in [0.25, 0.3) is 0 Å². The molecule has 0 heterocycles. The second kappa shape index (κ2) is 4.83. The lowest BCUT2D eigenvalue weighted by atomic mass is 10.2. The zero-order valence-electron chi connectivity index (χ0n) is 7.97. The van der Waals surface area contributed by atoms with Crippen LogP contribution in [-0.4, -0.2) is 6.54 Å². The van der Waals surface area contributed by atoms with Gasteiger partial charge in [-0.3, -0.25) is 0 Å². The molecule has 1 aromatic carbocycles. The summed E-state index contributed by atoms with van der Waals surface area (Å²) in [6.07, 6.45) is 0. The van der Waals surface area contributed by atoms with Crippen molar-refractivity contribution < 1.29 is 0 Å². The molecule has 0 fully saturated rings. The Morgan fingerprint density at radius 1 is 1.64 bits per heavy atom. The molecule has 0 atom stereocenters. The van der Waals surface area contributed by atoms with Gasteiger partial charge in [0.1, 0.15) is 6.07 Å². The maximum absolute atomic E-state index is 8.92. The number of nitrogens with one attached hydrogen (secondary N) is 1. The van der Waals surface area contributed by atoms with E-state index < -0.39 is 0 Å². The summed E-state index contributed by atoms with van der Waals surface area (Å²) in [5, 5.41) is 12.1. The molecule has 0 aliphatic carbocycles. The molecule has 0 saturated heterocycles. The first kappa shape index (κ1) is 10.8. The SMILES string of the molecule is C=C(C)CNc1cccc(Br)c1C#N. The molecule has 0 aliphatic rings. The molecule has 0 radical (unpaired) electrons. The van der Waals surface area contributed by atoms with Gasteiger partial charge in [0.15, 0.2) is 0 Å². The summed E-state index contributed by atoms with van der Waals surface area (Å²) in [7, 11) is 0. The highest BCUT2D eigenvalue weighted by Crippen LogP contribution is 2.23. The highest BCUT2D eigenvalue weighted by Gasteiger charge is 2.04.